The number of nitrogens with zero attached hydrogens (tertiary/aromatic N) is 1. The molecule has 3 unspecified atom stereocenters. The summed E-state index contributed by atoms with van der Waals surface area (Å²) in [6.45, 7) is 0.692. The Labute approximate surface area is 122 Å². The van der Waals surface area contributed by atoms with Crippen molar-refractivity contribution in [1.82, 2.24) is 4.90 Å². The van der Waals surface area contributed by atoms with E-state index in [-0.39, 0.29) is 17.9 Å². The summed E-state index contributed by atoms with van der Waals surface area (Å²) >= 11 is 6.22. The average molecular weight is 294 g/mol. The Morgan fingerprint density at radius 3 is 2.65 bits per heavy atom. The van der Waals surface area contributed by atoms with Crippen molar-refractivity contribution < 1.29 is 14.7 Å². The fraction of sp³-hybridized carbons (Fsp3) is 0.467. The molecule has 1 saturated carbocycles. The van der Waals surface area contributed by atoms with Gasteiger partial charge >= 0.3 is 5.97 Å². The molecular formula is C15H16ClNO3. The summed E-state index contributed by atoms with van der Waals surface area (Å²) in [6.07, 6.45) is 2.30. The minimum atomic E-state index is -0.864. The topological polar surface area (TPSA) is 57.6 Å². The normalized spacial score (nSPS) is 28.4. The molecule has 3 rings (SSSR count). The van der Waals surface area contributed by atoms with Gasteiger partial charge < -0.3 is 10.0 Å². The van der Waals surface area contributed by atoms with Gasteiger partial charge in [0.15, 0.2) is 0 Å². The predicted molar refractivity (Wildman–Crippen MR) is 74.4 cm³/mol. The Bertz CT molecular complexity index is 560. The van der Waals surface area contributed by atoms with Crippen molar-refractivity contribution in [2.24, 2.45) is 11.8 Å². The van der Waals surface area contributed by atoms with Crippen LogP contribution in [0.3, 0.4) is 0 Å². The number of carboxylic acids is 1. The Balaban J connectivity index is 1.78. The van der Waals surface area contributed by atoms with Crippen LogP contribution in [0.15, 0.2) is 24.3 Å². The van der Waals surface area contributed by atoms with Crippen LogP contribution >= 0.6 is 11.6 Å². The smallest absolute Gasteiger partial charge is 0.307 e. The maximum Gasteiger partial charge on any atom is 0.307 e. The van der Waals surface area contributed by atoms with Crippen LogP contribution in [0.4, 0.5) is 0 Å². The minimum absolute atomic E-state index is 0.00811. The largest absolute Gasteiger partial charge is 0.481 e. The molecular weight excluding hydrogens is 278 g/mol. The van der Waals surface area contributed by atoms with Crippen LogP contribution in [-0.4, -0.2) is 28.4 Å². The summed E-state index contributed by atoms with van der Waals surface area (Å²) in [5.74, 6) is -1.72. The third-order valence-electron chi connectivity index (χ3n) is 4.22. The van der Waals surface area contributed by atoms with Gasteiger partial charge in [-0.05, 0) is 30.9 Å². The molecule has 20 heavy (non-hydrogen) atoms. The SMILES string of the molecule is O=C(O)C1CC1C(=O)N1CCCC1c1ccccc1Cl. The van der Waals surface area contributed by atoms with E-state index < -0.39 is 11.9 Å². The molecule has 4 nitrogen and oxygen atoms in total. The van der Waals surface area contributed by atoms with E-state index in [0.29, 0.717) is 18.0 Å². The van der Waals surface area contributed by atoms with E-state index >= 15 is 0 Å². The standard InChI is InChI=1S/C15H16ClNO3/c16-12-5-2-1-4-9(12)13-6-3-7-17(13)14(18)10-8-11(10)15(19)20/h1-2,4-5,10-11,13H,3,6-8H2,(H,19,20). The zero-order valence-electron chi connectivity index (χ0n) is 11.0. The van der Waals surface area contributed by atoms with Crippen LogP contribution in [0.25, 0.3) is 0 Å². The zero-order valence-corrected chi connectivity index (χ0v) is 11.7. The first-order valence-electron chi connectivity index (χ1n) is 6.87. The molecule has 5 heteroatoms. The fourth-order valence-corrected chi connectivity index (χ4v) is 3.31. The summed E-state index contributed by atoms with van der Waals surface area (Å²) < 4.78 is 0. The highest BCUT2D eigenvalue weighted by Gasteiger charge is 2.51. The summed E-state index contributed by atoms with van der Waals surface area (Å²) in [5, 5.41) is 9.62. The Morgan fingerprint density at radius 2 is 2.00 bits per heavy atom. The van der Waals surface area contributed by atoms with Crippen LogP contribution in [0, 0.1) is 11.8 Å². The molecule has 0 bridgehead atoms. The summed E-state index contributed by atoms with van der Waals surface area (Å²) in [5.41, 5.74) is 0.965. The molecule has 1 amide bonds. The molecule has 106 valence electrons. The molecule has 0 aromatic heterocycles. The monoisotopic (exact) mass is 293 g/mol. The third kappa shape index (κ3) is 2.29. The maximum atomic E-state index is 12.4. The Morgan fingerprint density at radius 1 is 1.25 bits per heavy atom. The summed E-state index contributed by atoms with van der Waals surface area (Å²) in [7, 11) is 0. The van der Waals surface area contributed by atoms with E-state index in [9.17, 15) is 9.59 Å². The van der Waals surface area contributed by atoms with Crippen molar-refractivity contribution in [3.05, 3.63) is 34.9 Å². The average Bonchev–Trinajstić information content (AvgIpc) is 3.09. The van der Waals surface area contributed by atoms with Gasteiger partial charge in [-0.2, -0.15) is 0 Å². The molecule has 1 N–H and O–H groups in total. The molecule has 1 aliphatic heterocycles. The van der Waals surface area contributed by atoms with Crippen molar-refractivity contribution in [1.29, 1.82) is 0 Å². The lowest BCUT2D eigenvalue weighted by Crippen LogP contribution is -2.32. The highest BCUT2D eigenvalue weighted by molar-refractivity contribution is 6.31. The lowest BCUT2D eigenvalue weighted by Gasteiger charge is -2.26. The van der Waals surface area contributed by atoms with Gasteiger partial charge in [-0.15, -0.1) is 0 Å². The first-order valence-corrected chi connectivity index (χ1v) is 7.25. The van der Waals surface area contributed by atoms with E-state index in [4.69, 9.17) is 16.7 Å². The first kappa shape index (κ1) is 13.4. The lowest BCUT2D eigenvalue weighted by atomic mass is 10.0. The van der Waals surface area contributed by atoms with Crippen LogP contribution in [-0.2, 0) is 9.59 Å². The molecule has 0 radical (unpaired) electrons. The van der Waals surface area contributed by atoms with Crippen LogP contribution in [0.5, 0.6) is 0 Å². The van der Waals surface area contributed by atoms with Crippen molar-refractivity contribution in [3.8, 4) is 0 Å². The predicted octanol–water partition coefficient (Wildman–Crippen LogP) is 2.72. The second-order valence-electron chi connectivity index (χ2n) is 5.50. The van der Waals surface area contributed by atoms with Crippen LogP contribution in [0.1, 0.15) is 30.9 Å². The molecule has 1 aromatic carbocycles. The second kappa shape index (κ2) is 5.09. The van der Waals surface area contributed by atoms with Gasteiger partial charge in [0.25, 0.3) is 0 Å². The summed E-state index contributed by atoms with van der Waals surface area (Å²) in [6, 6.07) is 7.55. The van der Waals surface area contributed by atoms with E-state index in [1.54, 1.807) is 0 Å². The van der Waals surface area contributed by atoms with Gasteiger partial charge in [0.1, 0.15) is 0 Å². The number of carbonyl (C=O) groups is 2. The minimum Gasteiger partial charge on any atom is -0.481 e. The molecule has 0 spiro atoms. The number of aliphatic carboxylic acids is 1. The number of likely N-dealkylation sites (tertiary alicyclic amines) is 1. The number of benzene rings is 1. The van der Waals surface area contributed by atoms with E-state index in [1.807, 2.05) is 29.2 Å². The highest BCUT2D eigenvalue weighted by atomic mass is 35.5. The third-order valence-corrected chi connectivity index (χ3v) is 4.57. The van der Waals surface area contributed by atoms with Crippen molar-refractivity contribution >= 4 is 23.5 Å². The van der Waals surface area contributed by atoms with Gasteiger partial charge in [-0.1, -0.05) is 29.8 Å². The van der Waals surface area contributed by atoms with Crippen LogP contribution in [0.2, 0.25) is 5.02 Å². The Kier molecular flexibility index (Phi) is 3.42. The van der Waals surface area contributed by atoms with Crippen molar-refractivity contribution in [2.75, 3.05) is 6.54 Å². The van der Waals surface area contributed by atoms with Crippen molar-refractivity contribution in [2.45, 2.75) is 25.3 Å². The fourth-order valence-electron chi connectivity index (χ4n) is 3.05. The van der Waals surface area contributed by atoms with Gasteiger partial charge in [0.05, 0.1) is 17.9 Å². The number of halogens is 1. The molecule has 3 atom stereocenters. The molecule has 2 fully saturated rings. The number of hydrogen-bond donors (Lipinski definition) is 1. The van der Waals surface area contributed by atoms with Gasteiger partial charge in [-0.25, -0.2) is 0 Å². The molecule has 1 saturated heterocycles. The second-order valence-corrected chi connectivity index (χ2v) is 5.91. The Hall–Kier alpha value is -1.55. The summed E-state index contributed by atoms with van der Waals surface area (Å²) in [4.78, 5) is 25.2. The maximum absolute atomic E-state index is 12.4. The molecule has 1 heterocycles. The molecule has 1 aliphatic carbocycles. The molecule has 1 aromatic rings. The van der Waals surface area contributed by atoms with Crippen LogP contribution < -0.4 is 0 Å². The van der Waals surface area contributed by atoms with Gasteiger partial charge in [0.2, 0.25) is 5.91 Å². The van der Waals surface area contributed by atoms with E-state index in [2.05, 4.69) is 0 Å². The van der Waals surface area contributed by atoms with E-state index in [0.717, 1.165) is 18.4 Å². The number of hydrogen-bond acceptors (Lipinski definition) is 2. The van der Waals surface area contributed by atoms with Gasteiger partial charge in [0, 0.05) is 11.6 Å². The lowest BCUT2D eigenvalue weighted by molar-refractivity contribution is -0.142. The van der Waals surface area contributed by atoms with E-state index in [1.165, 1.54) is 0 Å². The zero-order chi connectivity index (χ0) is 14.3. The van der Waals surface area contributed by atoms with Gasteiger partial charge in [-0.3, -0.25) is 9.59 Å². The van der Waals surface area contributed by atoms with Crippen molar-refractivity contribution in [3.63, 3.8) is 0 Å². The molecule has 2 aliphatic rings. The number of amides is 1. The highest BCUT2D eigenvalue weighted by Crippen LogP contribution is 2.44. The quantitative estimate of drug-likeness (QED) is 0.932. The number of carboxylic acid groups (broad SMARTS) is 1. The number of carbonyl (C=O) groups excluding carboxylic acids is 1. The number of rotatable bonds is 3. The first-order chi connectivity index (χ1) is 9.59.